The highest BCUT2D eigenvalue weighted by Crippen LogP contribution is 2.25. The number of carbonyl (C=O) groups excluding carboxylic acids is 1. The quantitative estimate of drug-likeness (QED) is 0.642. The van der Waals surface area contributed by atoms with E-state index in [0.717, 1.165) is 16.5 Å². The van der Waals surface area contributed by atoms with Crippen LogP contribution in [0.5, 0.6) is 0 Å². The zero-order valence-corrected chi connectivity index (χ0v) is 18.0. The van der Waals surface area contributed by atoms with E-state index >= 15 is 0 Å². The Morgan fingerprint density at radius 2 is 1.72 bits per heavy atom. The molecule has 0 bridgehead atoms. The lowest BCUT2D eigenvalue weighted by molar-refractivity contribution is 0.0932. The van der Waals surface area contributed by atoms with Crippen molar-refractivity contribution in [1.29, 1.82) is 0 Å². The van der Waals surface area contributed by atoms with Gasteiger partial charge in [-0.2, -0.15) is 4.31 Å². The van der Waals surface area contributed by atoms with Crippen molar-refractivity contribution < 1.29 is 13.2 Å². The number of hydrogen-bond acceptors (Lipinski definition) is 3. The van der Waals surface area contributed by atoms with E-state index in [0.29, 0.717) is 18.8 Å². The molecule has 0 saturated carbocycles. The highest BCUT2D eigenvalue weighted by atomic mass is 32.2. The van der Waals surface area contributed by atoms with Crippen LogP contribution in [0.2, 0.25) is 0 Å². The number of benzene rings is 2. The van der Waals surface area contributed by atoms with E-state index in [1.165, 1.54) is 4.31 Å². The summed E-state index contributed by atoms with van der Waals surface area (Å²) in [5, 5.41) is 3.73. The van der Waals surface area contributed by atoms with Gasteiger partial charge in [0.1, 0.15) is 5.69 Å². The molecule has 29 heavy (non-hydrogen) atoms. The molecule has 0 unspecified atom stereocenters. The molecule has 1 heterocycles. The van der Waals surface area contributed by atoms with Gasteiger partial charge >= 0.3 is 0 Å². The van der Waals surface area contributed by atoms with E-state index in [1.807, 2.05) is 58.2 Å². The third-order valence-corrected chi connectivity index (χ3v) is 7.28. The van der Waals surface area contributed by atoms with Gasteiger partial charge in [0.15, 0.2) is 0 Å². The molecule has 0 radical (unpaired) electrons. The summed E-state index contributed by atoms with van der Waals surface area (Å²) in [5.74, 6) is -0.201. The van der Waals surface area contributed by atoms with Crippen LogP contribution in [0.3, 0.4) is 0 Å². The summed E-state index contributed by atoms with van der Waals surface area (Å²) in [6, 6.07) is 16.3. The van der Waals surface area contributed by atoms with Crippen LogP contribution in [-0.4, -0.2) is 36.3 Å². The SMILES string of the molecule is CCN(CC)S(=O)(=O)c1ccc2c(c1)cc(C(=O)N[C@H](C)c1ccccc1)n2C. The van der Waals surface area contributed by atoms with Crippen molar-refractivity contribution >= 4 is 26.8 Å². The third kappa shape index (κ3) is 4.06. The molecular formula is C22H27N3O3S. The first-order valence-electron chi connectivity index (χ1n) is 9.75. The molecule has 0 fully saturated rings. The second kappa shape index (κ2) is 8.39. The minimum Gasteiger partial charge on any atom is -0.344 e. The zero-order valence-electron chi connectivity index (χ0n) is 17.2. The van der Waals surface area contributed by atoms with Gasteiger partial charge in [-0.15, -0.1) is 0 Å². The number of rotatable bonds is 7. The van der Waals surface area contributed by atoms with Crippen molar-refractivity contribution in [2.75, 3.05) is 13.1 Å². The Hall–Kier alpha value is -2.64. The van der Waals surface area contributed by atoms with Gasteiger partial charge in [-0.25, -0.2) is 8.42 Å². The second-order valence-corrected chi connectivity index (χ2v) is 8.94. The number of aryl methyl sites for hydroxylation is 1. The average Bonchev–Trinajstić information content (AvgIpc) is 3.05. The topological polar surface area (TPSA) is 71.4 Å². The summed E-state index contributed by atoms with van der Waals surface area (Å²) >= 11 is 0. The van der Waals surface area contributed by atoms with Gasteiger partial charge in [-0.05, 0) is 36.8 Å². The molecule has 3 rings (SSSR count). The molecule has 0 saturated heterocycles. The molecule has 6 nitrogen and oxygen atoms in total. The van der Waals surface area contributed by atoms with Gasteiger partial charge in [0, 0.05) is 31.0 Å². The summed E-state index contributed by atoms with van der Waals surface area (Å²) in [5.41, 5.74) is 2.31. The van der Waals surface area contributed by atoms with Crippen molar-refractivity contribution in [3.63, 3.8) is 0 Å². The van der Waals surface area contributed by atoms with E-state index < -0.39 is 10.0 Å². The van der Waals surface area contributed by atoms with Crippen LogP contribution in [0.25, 0.3) is 10.9 Å². The Bertz CT molecular complexity index is 1120. The maximum Gasteiger partial charge on any atom is 0.268 e. The molecule has 1 amide bonds. The fourth-order valence-electron chi connectivity index (χ4n) is 3.51. The van der Waals surface area contributed by atoms with E-state index in [-0.39, 0.29) is 16.8 Å². The minimum atomic E-state index is -3.55. The molecule has 1 N–H and O–H groups in total. The molecule has 2 aromatic carbocycles. The van der Waals surface area contributed by atoms with Gasteiger partial charge in [-0.3, -0.25) is 4.79 Å². The average molecular weight is 414 g/mol. The minimum absolute atomic E-state index is 0.139. The highest BCUT2D eigenvalue weighted by Gasteiger charge is 2.23. The Morgan fingerprint density at radius 1 is 1.07 bits per heavy atom. The predicted molar refractivity (Wildman–Crippen MR) is 115 cm³/mol. The van der Waals surface area contributed by atoms with Crippen molar-refractivity contribution in [3.05, 3.63) is 65.9 Å². The van der Waals surface area contributed by atoms with E-state index in [9.17, 15) is 13.2 Å². The molecule has 0 aliphatic rings. The second-order valence-electron chi connectivity index (χ2n) is 7.00. The van der Waals surface area contributed by atoms with Crippen LogP contribution < -0.4 is 5.32 Å². The van der Waals surface area contributed by atoms with Crippen molar-refractivity contribution in [3.8, 4) is 0 Å². The lowest BCUT2D eigenvalue weighted by Gasteiger charge is -2.18. The van der Waals surface area contributed by atoms with Gasteiger partial charge in [0.05, 0.1) is 10.9 Å². The Morgan fingerprint density at radius 3 is 2.34 bits per heavy atom. The fourth-order valence-corrected chi connectivity index (χ4v) is 5.01. The van der Waals surface area contributed by atoms with E-state index in [4.69, 9.17) is 0 Å². The van der Waals surface area contributed by atoms with E-state index in [2.05, 4.69) is 5.32 Å². The number of nitrogens with one attached hydrogen (secondary N) is 1. The van der Waals surface area contributed by atoms with Crippen molar-refractivity contribution in [2.45, 2.75) is 31.7 Å². The summed E-state index contributed by atoms with van der Waals surface area (Å²) < 4.78 is 28.8. The molecule has 3 aromatic rings. The number of amides is 1. The monoisotopic (exact) mass is 413 g/mol. The first-order valence-corrected chi connectivity index (χ1v) is 11.2. The molecule has 0 spiro atoms. The fraction of sp³-hybridized carbons (Fsp3) is 0.318. The van der Waals surface area contributed by atoms with Crippen molar-refractivity contribution in [2.24, 2.45) is 7.05 Å². The first kappa shape index (κ1) is 21.1. The molecule has 0 aliphatic heterocycles. The third-order valence-electron chi connectivity index (χ3n) is 5.24. The summed E-state index contributed by atoms with van der Waals surface area (Å²) in [6.45, 7) is 6.40. The summed E-state index contributed by atoms with van der Waals surface area (Å²) in [6.07, 6.45) is 0. The standard InChI is InChI=1S/C22H27N3O3S/c1-5-25(6-2)29(27,28)19-12-13-20-18(14-19)15-21(24(20)4)22(26)23-16(3)17-10-8-7-9-11-17/h7-16H,5-6H2,1-4H3,(H,23,26)/t16-/m1/s1. The molecule has 7 heteroatoms. The molecular weight excluding hydrogens is 386 g/mol. The van der Waals surface area contributed by atoms with E-state index in [1.54, 1.807) is 28.8 Å². The zero-order chi connectivity index (χ0) is 21.2. The maximum atomic E-state index is 12.8. The number of sulfonamides is 1. The Balaban J connectivity index is 1.92. The normalized spacial score (nSPS) is 13.0. The first-order chi connectivity index (χ1) is 13.8. The van der Waals surface area contributed by atoms with Crippen LogP contribution in [0.1, 0.15) is 42.9 Å². The van der Waals surface area contributed by atoms with Crippen LogP contribution in [0.15, 0.2) is 59.5 Å². The Labute approximate surface area is 172 Å². The number of nitrogens with zero attached hydrogens (tertiary/aromatic N) is 2. The lowest BCUT2D eigenvalue weighted by Crippen LogP contribution is -2.30. The van der Waals surface area contributed by atoms with Gasteiger partial charge in [0.2, 0.25) is 10.0 Å². The molecule has 0 aliphatic carbocycles. The van der Waals surface area contributed by atoms with Gasteiger partial charge in [0.25, 0.3) is 5.91 Å². The lowest BCUT2D eigenvalue weighted by atomic mass is 10.1. The molecule has 1 aromatic heterocycles. The number of aromatic nitrogens is 1. The Kier molecular flexibility index (Phi) is 6.10. The van der Waals surface area contributed by atoms with Crippen LogP contribution in [-0.2, 0) is 17.1 Å². The summed E-state index contributed by atoms with van der Waals surface area (Å²) in [7, 11) is -1.74. The van der Waals surface area contributed by atoms with Gasteiger partial charge in [-0.1, -0.05) is 44.2 Å². The van der Waals surface area contributed by atoms with Crippen LogP contribution in [0, 0.1) is 0 Å². The van der Waals surface area contributed by atoms with Crippen molar-refractivity contribution in [1.82, 2.24) is 14.2 Å². The number of carbonyl (C=O) groups is 1. The number of hydrogen-bond donors (Lipinski definition) is 1. The van der Waals surface area contributed by atoms with Crippen LogP contribution >= 0.6 is 0 Å². The van der Waals surface area contributed by atoms with Crippen LogP contribution in [0.4, 0.5) is 0 Å². The van der Waals surface area contributed by atoms with Gasteiger partial charge < -0.3 is 9.88 Å². The maximum absolute atomic E-state index is 12.8. The number of fused-ring (bicyclic) bond motifs is 1. The largest absolute Gasteiger partial charge is 0.344 e. The molecule has 154 valence electrons. The highest BCUT2D eigenvalue weighted by molar-refractivity contribution is 7.89. The smallest absolute Gasteiger partial charge is 0.268 e. The predicted octanol–water partition coefficient (Wildman–Crippen LogP) is 3.70. The summed E-state index contributed by atoms with van der Waals surface area (Å²) in [4.78, 5) is 13.1. The molecule has 1 atom stereocenters.